The third-order valence-corrected chi connectivity index (χ3v) is 11.2. The summed E-state index contributed by atoms with van der Waals surface area (Å²) in [7, 11) is -4.19. The molecule has 0 bridgehead atoms. The standard InChI is InChI=1S/C28H23N3O9S5/c32-21(33)14-30-25(36)23(43-27(30)24-26(37)31(15-22(34)35)28(41)44-24)17(16-7-2-1-3-8-16)13-20-29(11-6-12-45(38,39)40)18-9-4-5-10-19(18)42-20/h1-5,7-10,13H,6,11-12,14-15H2,(H,32,33)(H,34,35)(H,38,39,40)/b20-13?,23-17?,27-24-. The Morgan fingerprint density at radius 2 is 1.58 bits per heavy atom. The van der Waals surface area contributed by atoms with Crippen LogP contribution in [0.15, 0.2) is 75.4 Å². The van der Waals surface area contributed by atoms with Crippen molar-refractivity contribution < 1.29 is 37.6 Å². The van der Waals surface area contributed by atoms with E-state index in [1.807, 2.05) is 29.2 Å². The summed E-state index contributed by atoms with van der Waals surface area (Å²) in [6, 6.07) is 16.3. The number of carbonyl (C=O) groups excluding carboxylic acids is 1. The second-order valence-electron chi connectivity index (χ2n) is 9.63. The van der Waals surface area contributed by atoms with Gasteiger partial charge in [-0.1, -0.05) is 78.2 Å². The van der Waals surface area contributed by atoms with Crippen LogP contribution in [0.2, 0.25) is 0 Å². The summed E-state index contributed by atoms with van der Waals surface area (Å²) in [5, 5.41) is 19.6. The highest BCUT2D eigenvalue weighted by molar-refractivity contribution is 8.30. The molecule has 0 unspecified atom stereocenters. The lowest BCUT2D eigenvalue weighted by molar-refractivity contribution is -0.140. The molecule has 1 aromatic heterocycles. The Bertz CT molecular complexity index is 2050. The van der Waals surface area contributed by atoms with Crippen molar-refractivity contribution in [2.75, 3.05) is 23.7 Å². The van der Waals surface area contributed by atoms with Crippen molar-refractivity contribution >= 4 is 95.5 Å². The normalized spacial score (nSPS) is 17.7. The highest BCUT2D eigenvalue weighted by atomic mass is 32.2. The molecule has 2 aliphatic heterocycles. The van der Waals surface area contributed by atoms with Gasteiger partial charge in [0.05, 0.1) is 16.5 Å². The summed E-state index contributed by atoms with van der Waals surface area (Å²) < 4.78 is 33.2. The Labute approximate surface area is 273 Å². The Hall–Kier alpha value is -3.74. The van der Waals surface area contributed by atoms with Crippen molar-refractivity contribution in [2.45, 2.75) is 17.9 Å². The number of fused-ring (bicyclic) bond motifs is 1. The molecule has 5 rings (SSSR count). The summed E-state index contributed by atoms with van der Waals surface area (Å²) in [4.78, 5) is 54.0. The number of thiocarbonyl (C=S) groups is 1. The molecule has 12 nitrogen and oxygen atoms in total. The molecule has 0 atom stereocenters. The molecule has 0 spiro atoms. The van der Waals surface area contributed by atoms with Crippen molar-refractivity contribution in [1.82, 2.24) is 9.47 Å². The molecule has 2 aliphatic rings. The second kappa shape index (κ2) is 13.3. The molecule has 2 aromatic carbocycles. The Morgan fingerprint density at radius 1 is 0.911 bits per heavy atom. The number of carbonyl (C=O) groups is 3. The summed E-state index contributed by atoms with van der Waals surface area (Å²) in [5.74, 6) is -3.80. The minimum Gasteiger partial charge on any atom is -0.480 e. The quantitative estimate of drug-likeness (QED) is 0.207. The van der Waals surface area contributed by atoms with Gasteiger partial charge in [-0.05, 0) is 30.2 Å². The first-order chi connectivity index (χ1) is 21.3. The maximum absolute atomic E-state index is 14.0. The molecular weight excluding hydrogens is 683 g/mol. The van der Waals surface area contributed by atoms with Crippen LogP contribution in [0.5, 0.6) is 0 Å². The SMILES string of the molecule is O=C(O)CN1C(=O)/C(=c2/sc(=C(C=C3Sc4ccccc4N3CCCS(=O)(=O)O)c3ccccc3)c(=O)n2CC(=O)O)SC1=S. The van der Waals surface area contributed by atoms with Gasteiger partial charge in [-0.3, -0.25) is 33.2 Å². The van der Waals surface area contributed by atoms with Crippen LogP contribution in [0.25, 0.3) is 10.5 Å². The first-order valence-electron chi connectivity index (χ1n) is 13.1. The molecule has 1 amide bonds. The number of thiazole rings is 1. The lowest BCUT2D eigenvalue weighted by Gasteiger charge is -2.20. The highest BCUT2D eigenvalue weighted by Crippen LogP contribution is 2.46. The fourth-order valence-corrected chi connectivity index (χ4v) is 8.86. The fourth-order valence-electron chi connectivity index (χ4n) is 4.64. The third kappa shape index (κ3) is 7.23. The summed E-state index contributed by atoms with van der Waals surface area (Å²) in [5.41, 5.74) is 1.18. The maximum Gasteiger partial charge on any atom is 0.323 e. The average Bonchev–Trinajstić information content (AvgIpc) is 3.58. The molecule has 17 heteroatoms. The number of nitrogens with zero attached hydrogens (tertiary/aromatic N) is 3. The van der Waals surface area contributed by atoms with E-state index < -0.39 is 52.4 Å². The first kappa shape index (κ1) is 32.6. The monoisotopic (exact) mass is 705 g/mol. The van der Waals surface area contributed by atoms with Crippen molar-refractivity contribution in [3.05, 3.63) is 90.8 Å². The number of rotatable bonds is 10. The molecule has 45 heavy (non-hydrogen) atoms. The topological polar surface area (TPSA) is 175 Å². The zero-order valence-corrected chi connectivity index (χ0v) is 27.1. The number of benzene rings is 2. The van der Waals surface area contributed by atoms with E-state index in [-0.39, 0.29) is 31.4 Å². The van der Waals surface area contributed by atoms with Gasteiger partial charge in [-0.15, -0.1) is 11.3 Å². The van der Waals surface area contributed by atoms with Crippen molar-refractivity contribution in [2.24, 2.45) is 0 Å². The van der Waals surface area contributed by atoms with E-state index in [0.717, 1.165) is 43.1 Å². The average molecular weight is 706 g/mol. The first-order valence-corrected chi connectivity index (χ1v) is 17.5. The molecule has 3 heterocycles. The van der Waals surface area contributed by atoms with Gasteiger partial charge in [-0.25, -0.2) is 0 Å². The van der Waals surface area contributed by atoms with Gasteiger partial charge >= 0.3 is 11.9 Å². The Kier molecular flexibility index (Phi) is 9.66. The van der Waals surface area contributed by atoms with E-state index in [2.05, 4.69) is 0 Å². The van der Waals surface area contributed by atoms with E-state index in [4.69, 9.17) is 12.2 Å². The highest BCUT2D eigenvalue weighted by Gasteiger charge is 2.35. The minimum atomic E-state index is -4.19. The van der Waals surface area contributed by atoms with Gasteiger partial charge in [0.1, 0.15) is 31.5 Å². The molecule has 0 aliphatic carbocycles. The van der Waals surface area contributed by atoms with E-state index in [1.165, 1.54) is 11.8 Å². The molecule has 3 aromatic rings. The molecule has 1 saturated heterocycles. The van der Waals surface area contributed by atoms with Crippen LogP contribution in [0.1, 0.15) is 12.0 Å². The smallest absolute Gasteiger partial charge is 0.323 e. The summed E-state index contributed by atoms with van der Waals surface area (Å²) >= 11 is 8.31. The van der Waals surface area contributed by atoms with Crippen LogP contribution in [0.4, 0.5) is 5.69 Å². The molecule has 0 saturated carbocycles. The van der Waals surface area contributed by atoms with Gasteiger partial charge < -0.3 is 15.1 Å². The van der Waals surface area contributed by atoms with E-state index in [9.17, 15) is 42.4 Å². The number of carboxylic acids is 2. The lowest BCUT2D eigenvalue weighted by atomic mass is 10.1. The number of hydrogen-bond acceptors (Lipinski definition) is 11. The van der Waals surface area contributed by atoms with E-state index in [0.29, 0.717) is 16.2 Å². The van der Waals surface area contributed by atoms with Crippen LogP contribution in [0.3, 0.4) is 0 Å². The number of anilines is 1. The van der Waals surface area contributed by atoms with Crippen LogP contribution >= 0.6 is 47.1 Å². The number of allylic oxidation sites excluding steroid dienone is 1. The molecule has 0 radical (unpaired) electrons. The maximum atomic E-state index is 14.0. The fraction of sp³-hybridized carbons (Fsp3) is 0.179. The van der Waals surface area contributed by atoms with Gasteiger partial charge in [-0.2, -0.15) is 8.42 Å². The lowest BCUT2D eigenvalue weighted by Crippen LogP contribution is -2.37. The molecule has 234 valence electrons. The van der Waals surface area contributed by atoms with Crippen LogP contribution in [0, 0.1) is 0 Å². The third-order valence-electron chi connectivity index (χ3n) is 6.53. The predicted molar refractivity (Wildman–Crippen MR) is 176 cm³/mol. The van der Waals surface area contributed by atoms with Gasteiger partial charge in [0.15, 0.2) is 0 Å². The number of carboxylic acid groups (broad SMARTS) is 2. The largest absolute Gasteiger partial charge is 0.480 e. The van der Waals surface area contributed by atoms with Crippen LogP contribution < -0.4 is 19.7 Å². The molecular formula is C28H23N3O9S5. The van der Waals surface area contributed by atoms with Crippen molar-refractivity contribution in [3.63, 3.8) is 0 Å². The number of hydrogen-bond donors (Lipinski definition) is 3. The molecule has 3 N–H and O–H groups in total. The van der Waals surface area contributed by atoms with Gasteiger partial charge in [0.2, 0.25) is 0 Å². The number of aliphatic carboxylic acids is 2. The predicted octanol–water partition coefficient (Wildman–Crippen LogP) is 1.98. The number of thioether (sulfide) groups is 2. The summed E-state index contributed by atoms with van der Waals surface area (Å²) in [6.45, 7) is -1.21. The molecule has 1 fully saturated rings. The second-order valence-corrected chi connectivity index (χ2v) is 14.9. The Balaban J connectivity index is 1.76. The van der Waals surface area contributed by atoms with Crippen molar-refractivity contribution in [1.29, 1.82) is 0 Å². The Morgan fingerprint density at radius 3 is 2.24 bits per heavy atom. The number of para-hydroxylation sites is 1. The van der Waals surface area contributed by atoms with Gasteiger partial charge in [0.25, 0.3) is 21.6 Å². The summed E-state index contributed by atoms with van der Waals surface area (Å²) in [6.07, 6.45) is 1.87. The zero-order chi connectivity index (χ0) is 32.5. The van der Waals surface area contributed by atoms with E-state index >= 15 is 0 Å². The van der Waals surface area contributed by atoms with Crippen LogP contribution in [-0.2, 0) is 31.0 Å². The van der Waals surface area contributed by atoms with Gasteiger partial charge in [0, 0.05) is 17.0 Å². The van der Waals surface area contributed by atoms with Crippen molar-refractivity contribution in [3.8, 4) is 0 Å². The zero-order valence-electron chi connectivity index (χ0n) is 23.0. The van der Waals surface area contributed by atoms with E-state index in [1.54, 1.807) is 36.4 Å². The number of aromatic nitrogens is 1. The van der Waals surface area contributed by atoms with Crippen LogP contribution in [-0.4, -0.2) is 73.7 Å². The minimum absolute atomic E-state index is 0.0295. The number of amides is 1.